The zero-order valence-electron chi connectivity index (χ0n) is 27.0. The molecule has 1 aliphatic carbocycles. The zero-order chi connectivity index (χ0) is 32.3. The van der Waals surface area contributed by atoms with Crippen LogP contribution >= 0.6 is 0 Å². The summed E-state index contributed by atoms with van der Waals surface area (Å²) >= 11 is 0. The molecule has 0 spiro atoms. The first-order valence-electron chi connectivity index (χ1n) is 15.6. The highest BCUT2D eigenvalue weighted by molar-refractivity contribution is 6.15. The van der Waals surface area contributed by atoms with Crippen LogP contribution in [0.1, 0.15) is 87.6 Å². The third-order valence-corrected chi connectivity index (χ3v) is 10.1. The van der Waals surface area contributed by atoms with Crippen molar-refractivity contribution in [2.45, 2.75) is 60.2 Å². The molecule has 3 aliphatic rings. The minimum absolute atomic E-state index is 0.0309. The molecule has 45 heavy (non-hydrogen) atoms. The quantitative estimate of drug-likeness (QED) is 0.202. The number of Topliss-reactive ketones (excluding diaryl/α,β-unsaturated/α-hetero) is 1. The maximum atomic E-state index is 14.1. The molecule has 9 nitrogen and oxygen atoms in total. The number of H-pyrrole nitrogens is 3. The molecule has 6 rings (SSSR count). The second-order valence-corrected chi connectivity index (χ2v) is 12.3. The van der Waals surface area contributed by atoms with Crippen molar-refractivity contribution in [2.24, 2.45) is 17.8 Å². The third-order valence-electron chi connectivity index (χ3n) is 10.1. The van der Waals surface area contributed by atoms with Gasteiger partial charge < -0.3 is 34.8 Å². The Bertz CT molecular complexity index is 1930. The van der Waals surface area contributed by atoms with Gasteiger partial charge in [0.15, 0.2) is 12.1 Å². The number of allylic oxidation sites excluding steroid dienone is 2. The Hall–Kier alpha value is -4.34. The van der Waals surface area contributed by atoms with Gasteiger partial charge in [0.2, 0.25) is 0 Å². The molecular weight excluding hydrogens is 568 g/mol. The van der Waals surface area contributed by atoms with Crippen LogP contribution in [0.15, 0.2) is 18.0 Å². The van der Waals surface area contributed by atoms with E-state index in [1.54, 1.807) is 0 Å². The van der Waals surface area contributed by atoms with Crippen molar-refractivity contribution in [1.29, 1.82) is 0 Å². The van der Waals surface area contributed by atoms with Crippen LogP contribution < -0.4 is 16.0 Å². The molecule has 2 aliphatic heterocycles. The number of rotatable bonds is 7. The van der Waals surface area contributed by atoms with Crippen LogP contribution in [0.2, 0.25) is 0 Å². The number of hydrogen-bond acceptors (Lipinski definition) is 6. The molecule has 5 heterocycles. The number of aromatic nitrogens is 3. The first-order valence-corrected chi connectivity index (χ1v) is 15.6. The van der Waals surface area contributed by atoms with E-state index in [2.05, 4.69) is 72.8 Å². The first-order chi connectivity index (χ1) is 21.5. The lowest BCUT2D eigenvalue weighted by molar-refractivity contribution is -0.140. The van der Waals surface area contributed by atoms with Gasteiger partial charge in [0.25, 0.3) is 0 Å². The lowest BCUT2D eigenvalue weighted by Crippen LogP contribution is -2.29. The number of esters is 1. The molecule has 4 atom stereocenters. The molecule has 9 heteroatoms. The standard InChI is InChI=1S/C36H42N4O5/c1-9-20-16(3)23-13-25-18(5)22(11-12-29(41)44-7)33(39-25)31-32(36(43)45-8)35(42)30-19(6)26(40-34(30)31)15-28-21(10-2)17(4)24(38-28)14-27(20)37-23/h9,13-15,18,22,32,36-40,43H,1,10-12H2,2-8H3/b24-14-,25-13-,28-15-,33-31-/t18-,22-,32+,36?/m0/s1. The number of hydrogen-bond donors (Lipinski definition) is 5. The van der Waals surface area contributed by atoms with Crippen LogP contribution in [0, 0.1) is 38.5 Å². The highest BCUT2D eigenvalue weighted by atomic mass is 16.6. The summed E-state index contributed by atoms with van der Waals surface area (Å²) in [6, 6.07) is 0. The number of carbonyl (C=O) groups excluding carboxylic acids is 2. The molecule has 1 fully saturated rings. The summed E-state index contributed by atoms with van der Waals surface area (Å²) < 4.78 is 10.4. The average molecular weight is 611 g/mol. The number of aliphatic hydroxyl groups is 1. The van der Waals surface area contributed by atoms with E-state index >= 15 is 0 Å². The smallest absolute Gasteiger partial charge is 0.305 e. The molecule has 0 radical (unpaired) electrons. The second-order valence-electron chi connectivity index (χ2n) is 12.3. The molecule has 8 bridgehead atoms. The Morgan fingerprint density at radius 1 is 1.02 bits per heavy atom. The molecule has 1 saturated heterocycles. The summed E-state index contributed by atoms with van der Waals surface area (Å²) in [5.41, 5.74) is 11.6. The molecule has 3 aromatic heterocycles. The summed E-state index contributed by atoms with van der Waals surface area (Å²) in [7, 11) is 2.79. The van der Waals surface area contributed by atoms with Gasteiger partial charge in [0, 0.05) is 81.2 Å². The van der Waals surface area contributed by atoms with E-state index < -0.39 is 12.2 Å². The molecule has 236 valence electrons. The van der Waals surface area contributed by atoms with Gasteiger partial charge in [-0.3, -0.25) is 9.59 Å². The number of fused-ring (bicyclic) bond motifs is 7. The second kappa shape index (κ2) is 11.5. The number of methoxy groups -OCH3 is 2. The highest BCUT2D eigenvalue weighted by Gasteiger charge is 2.47. The summed E-state index contributed by atoms with van der Waals surface area (Å²) in [5, 5.41) is 16.7. The summed E-state index contributed by atoms with van der Waals surface area (Å²) in [5.74, 6) is -1.60. The minimum atomic E-state index is -1.34. The lowest BCUT2D eigenvalue weighted by Gasteiger charge is -2.22. The largest absolute Gasteiger partial charge is 0.469 e. The van der Waals surface area contributed by atoms with Crippen molar-refractivity contribution in [3.8, 4) is 0 Å². The van der Waals surface area contributed by atoms with Crippen molar-refractivity contribution in [3.63, 3.8) is 0 Å². The fourth-order valence-electron chi connectivity index (χ4n) is 7.47. The van der Waals surface area contributed by atoms with Crippen LogP contribution in [-0.2, 0) is 20.7 Å². The molecular formula is C36H42N4O5. The fourth-order valence-corrected chi connectivity index (χ4v) is 7.47. The van der Waals surface area contributed by atoms with Gasteiger partial charge in [0.05, 0.1) is 12.8 Å². The van der Waals surface area contributed by atoms with Gasteiger partial charge in [-0.2, -0.15) is 0 Å². The number of aliphatic hydroxyl groups excluding tert-OH is 1. The number of ketones is 1. The Kier molecular flexibility index (Phi) is 7.87. The summed E-state index contributed by atoms with van der Waals surface area (Å²) in [4.78, 5) is 37.3. The molecule has 0 aromatic carbocycles. The number of nitrogens with one attached hydrogen (secondary N) is 4. The summed E-state index contributed by atoms with van der Waals surface area (Å²) in [6.45, 7) is 14.5. The average Bonchev–Trinajstić information content (AvgIpc) is 3.76. The van der Waals surface area contributed by atoms with Gasteiger partial charge in [-0.25, -0.2) is 0 Å². The molecule has 0 amide bonds. The minimum Gasteiger partial charge on any atom is -0.469 e. The fraction of sp³-hybridized carbons (Fsp3) is 0.389. The van der Waals surface area contributed by atoms with Gasteiger partial charge in [0.1, 0.15) is 5.92 Å². The number of aromatic amines is 3. The Morgan fingerprint density at radius 2 is 1.73 bits per heavy atom. The van der Waals surface area contributed by atoms with Gasteiger partial charge in [-0.05, 0) is 74.1 Å². The van der Waals surface area contributed by atoms with Crippen molar-refractivity contribution in [3.05, 3.63) is 84.8 Å². The van der Waals surface area contributed by atoms with Crippen molar-refractivity contribution in [2.75, 3.05) is 14.2 Å². The van der Waals surface area contributed by atoms with E-state index in [9.17, 15) is 14.7 Å². The predicted octanol–water partition coefficient (Wildman–Crippen LogP) is 4.11. The van der Waals surface area contributed by atoms with Gasteiger partial charge in [-0.1, -0.05) is 26.5 Å². The van der Waals surface area contributed by atoms with Crippen LogP contribution in [0.5, 0.6) is 0 Å². The molecule has 3 aromatic rings. The van der Waals surface area contributed by atoms with Crippen LogP contribution in [0.4, 0.5) is 0 Å². The van der Waals surface area contributed by atoms with Gasteiger partial charge >= 0.3 is 5.97 Å². The zero-order valence-corrected chi connectivity index (χ0v) is 27.0. The molecule has 5 N–H and O–H groups in total. The Morgan fingerprint density at radius 3 is 2.40 bits per heavy atom. The maximum Gasteiger partial charge on any atom is 0.305 e. The highest BCUT2D eigenvalue weighted by Crippen LogP contribution is 2.49. The lowest BCUT2D eigenvalue weighted by atomic mass is 9.84. The van der Waals surface area contributed by atoms with Crippen LogP contribution in [0.25, 0.3) is 29.9 Å². The molecule has 1 unspecified atom stereocenters. The topological polar surface area (TPSA) is 132 Å². The third kappa shape index (κ3) is 4.76. The monoisotopic (exact) mass is 610 g/mol. The number of ether oxygens (including phenoxy) is 2. The van der Waals surface area contributed by atoms with E-state index in [1.165, 1.54) is 19.8 Å². The van der Waals surface area contributed by atoms with Crippen LogP contribution in [0.3, 0.4) is 0 Å². The van der Waals surface area contributed by atoms with E-state index in [0.29, 0.717) is 23.3 Å². The van der Waals surface area contributed by atoms with Crippen LogP contribution in [-0.4, -0.2) is 52.3 Å². The number of carbonyl (C=O) groups is 2. The van der Waals surface area contributed by atoms with Crippen molar-refractivity contribution in [1.82, 2.24) is 20.3 Å². The van der Waals surface area contributed by atoms with E-state index in [4.69, 9.17) is 9.47 Å². The Balaban J connectivity index is 1.71. The normalized spacial score (nSPS) is 25.1. The van der Waals surface area contributed by atoms with E-state index in [1.807, 2.05) is 13.0 Å². The summed E-state index contributed by atoms with van der Waals surface area (Å²) in [6.07, 6.45) is 8.40. The maximum absolute atomic E-state index is 14.1. The predicted molar refractivity (Wildman–Crippen MR) is 175 cm³/mol. The van der Waals surface area contributed by atoms with Crippen molar-refractivity contribution >= 4 is 41.6 Å². The first kappa shape index (κ1) is 30.7. The van der Waals surface area contributed by atoms with Crippen molar-refractivity contribution < 1.29 is 24.2 Å². The van der Waals surface area contributed by atoms with Gasteiger partial charge in [-0.15, -0.1) is 0 Å². The van der Waals surface area contributed by atoms with E-state index in [0.717, 1.165) is 67.8 Å². The SMILES string of the molecule is C=Cc1c2[nH]c(c1C)/C=C1\N/C(=C3\c4[nH]c(c(C)c4C(=O)[C@@H]3C(O)OC)/C=c3\[nH]/c(c(C)c3CC)=C\2)[C@@H](CCC(=O)OC)[C@@H]1C. The van der Waals surface area contributed by atoms with E-state index in [-0.39, 0.29) is 30.0 Å². The Labute approximate surface area is 262 Å². The molecule has 0 saturated carbocycles.